The zero-order chi connectivity index (χ0) is 27.0. The van der Waals surface area contributed by atoms with Gasteiger partial charge in [0.2, 0.25) is 0 Å². The Labute approximate surface area is 227 Å². The van der Waals surface area contributed by atoms with Gasteiger partial charge in [0.15, 0.2) is 5.78 Å². The summed E-state index contributed by atoms with van der Waals surface area (Å²) < 4.78 is 11.2. The summed E-state index contributed by atoms with van der Waals surface area (Å²) in [5, 5.41) is 21.8. The van der Waals surface area contributed by atoms with E-state index in [1.54, 1.807) is 43.4 Å². The molecule has 0 amide bonds. The van der Waals surface area contributed by atoms with Crippen LogP contribution in [0.25, 0.3) is 5.76 Å². The Kier molecular flexibility index (Phi) is 7.00. The smallest absolute Gasteiger partial charge is 0.161 e. The molecule has 1 atom stereocenters. The molecule has 5 rings (SSSR count). The first-order valence-corrected chi connectivity index (χ1v) is 12.8. The van der Waals surface area contributed by atoms with Crippen molar-refractivity contribution in [1.82, 2.24) is 0 Å². The molecule has 0 radical (unpaired) electrons. The summed E-state index contributed by atoms with van der Waals surface area (Å²) >= 11 is 6.17. The molecule has 1 heterocycles. The minimum absolute atomic E-state index is 0.0122. The van der Waals surface area contributed by atoms with Gasteiger partial charge in [-0.2, -0.15) is 0 Å². The Bertz CT molecular complexity index is 1470. The summed E-state index contributed by atoms with van der Waals surface area (Å²) in [6, 6.07) is 20.0. The van der Waals surface area contributed by atoms with E-state index in [-0.39, 0.29) is 17.4 Å². The van der Waals surface area contributed by atoms with Crippen LogP contribution in [0.4, 0.5) is 5.69 Å². The highest BCUT2D eigenvalue weighted by atomic mass is 35.5. The molecule has 0 unspecified atom stereocenters. The van der Waals surface area contributed by atoms with Gasteiger partial charge in [-0.15, -0.1) is 0 Å². The van der Waals surface area contributed by atoms with Crippen LogP contribution in [0.2, 0.25) is 5.02 Å². The highest BCUT2D eigenvalue weighted by Gasteiger charge is 2.44. The zero-order valence-electron chi connectivity index (χ0n) is 21.5. The number of hydrogen-bond donors (Lipinski definition) is 2. The second-order valence-electron chi connectivity index (χ2n) is 9.47. The molecule has 194 valence electrons. The molecule has 0 saturated carbocycles. The van der Waals surface area contributed by atoms with Crippen LogP contribution >= 0.6 is 11.6 Å². The van der Waals surface area contributed by atoms with Crippen LogP contribution in [0, 0.1) is 12.3 Å². The van der Waals surface area contributed by atoms with Gasteiger partial charge in [0.05, 0.1) is 20.1 Å². The van der Waals surface area contributed by atoms with Gasteiger partial charge in [-0.1, -0.05) is 41.4 Å². The molecule has 3 aromatic carbocycles. The number of benzene rings is 3. The molecule has 6 nitrogen and oxygen atoms in total. The molecule has 0 fully saturated rings. The van der Waals surface area contributed by atoms with Crippen molar-refractivity contribution in [2.24, 2.45) is 0 Å². The maximum absolute atomic E-state index is 13.7. The molecular formula is C31H29ClN2O4. The SMILES string of the molecule is COc1ccc(OC)c([C@H]2C3=C(CCCC3=O)N(c3ccc(Cl)cc3)C(=N)/C2=C(/O)c2ccc(C)cc2)c1. The van der Waals surface area contributed by atoms with E-state index in [0.717, 1.165) is 11.3 Å². The number of nitrogens with one attached hydrogen (secondary N) is 1. The molecule has 0 spiro atoms. The summed E-state index contributed by atoms with van der Waals surface area (Å²) in [5.41, 5.74) is 4.60. The predicted octanol–water partition coefficient (Wildman–Crippen LogP) is 7.22. The number of aryl methyl sites for hydroxylation is 1. The molecule has 2 aliphatic rings. The van der Waals surface area contributed by atoms with Crippen molar-refractivity contribution in [2.75, 3.05) is 19.1 Å². The van der Waals surface area contributed by atoms with Crippen LogP contribution in [0.5, 0.6) is 11.5 Å². The topological polar surface area (TPSA) is 82.9 Å². The second-order valence-corrected chi connectivity index (χ2v) is 9.90. The Hall–Kier alpha value is -4.03. The summed E-state index contributed by atoms with van der Waals surface area (Å²) in [5.74, 6) is 0.430. The molecule has 1 aliphatic carbocycles. The van der Waals surface area contributed by atoms with Crippen molar-refractivity contribution in [3.8, 4) is 11.5 Å². The lowest BCUT2D eigenvalue weighted by Crippen LogP contribution is -2.42. The molecule has 2 N–H and O–H groups in total. The fourth-order valence-corrected chi connectivity index (χ4v) is 5.44. The van der Waals surface area contributed by atoms with Gasteiger partial charge >= 0.3 is 0 Å². The minimum atomic E-state index is -0.722. The van der Waals surface area contributed by atoms with Crippen molar-refractivity contribution >= 4 is 34.7 Å². The van der Waals surface area contributed by atoms with Gasteiger partial charge in [-0.25, -0.2) is 0 Å². The normalized spacial score (nSPS) is 18.8. The number of allylic oxidation sites excluding steroid dienone is 2. The van der Waals surface area contributed by atoms with Crippen LogP contribution < -0.4 is 14.4 Å². The zero-order valence-corrected chi connectivity index (χ0v) is 22.3. The molecule has 0 aromatic heterocycles. The van der Waals surface area contributed by atoms with E-state index < -0.39 is 5.92 Å². The Balaban J connectivity index is 1.86. The van der Waals surface area contributed by atoms with E-state index in [9.17, 15) is 15.3 Å². The number of aliphatic hydroxyl groups excluding tert-OH is 1. The molecule has 3 aromatic rings. The average molecular weight is 529 g/mol. The molecular weight excluding hydrogens is 500 g/mol. The van der Waals surface area contributed by atoms with Crippen LogP contribution in [-0.2, 0) is 4.79 Å². The van der Waals surface area contributed by atoms with E-state index in [0.29, 0.717) is 63.7 Å². The lowest BCUT2D eigenvalue weighted by Gasteiger charge is -2.42. The van der Waals surface area contributed by atoms with Crippen LogP contribution in [0.3, 0.4) is 0 Å². The van der Waals surface area contributed by atoms with Crippen molar-refractivity contribution < 1.29 is 19.4 Å². The highest BCUT2D eigenvalue weighted by Crippen LogP contribution is 2.50. The summed E-state index contributed by atoms with van der Waals surface area (Å²) in [4.78, 5) is 15.5. The van der Waals surface area contributed by atoms with Crippen molar-refractivity contribution in [3.05, 3.63) is 105 Å². The molecule has 1 aliphatic heterocycles. The number of amidine groups is 1. The first kappa shape index (κ1) is 25.6. The molecule has 7 heteroatoms. The number of carbonyl (C=O) groups excluding carboxylic acids is 1. The lowest BCUT2D eigenvalue weighted by molar-refractivity contribution is -0.116. The van der Waals surface area contributed by atoms with Gasteiger partial charge < -0.3 is 14.6 Å². The molecule has 38 heavy (non-hydrogen) atoms. The average Bonchev–Trinajstić information content (AvgIpc) is 2.93. The summed E-state index contributed by atoms with van der Waals surface area (Å²) in [7, 11) is 3.15. The Morgan fingerprint density at radius 2 is 1.71 bits per heavy atom. The Morgan fingerprint density at radius 1 is 1.00 bits per heavy atom. The Morgan fingerprint density at radius 3 is 2.37 bits per heavy atom. The number of halogens is 1. The largest absolute Gasteiger partial charge is 0.507 e. The van der Waals surface area contributed by atoms with E-state index >= 15 is 0 Å². The van der Waals surface area contributed by atoms with E-state index in [1.807, 2.05) is 49.4 Å². The number of carbonyl (C=O) groups is 1. The lowest BCUT2D eigenvalue weighted by atomic mass is 9.73. The van der Waals surface area contributed by atoms with Crippen molar-refractivity contribution in [3.63, 3.8) is 0 Å². The third kappa shape index (κ3) is 4.45. The number of Topliss-reactive ketones (excluding diaryl/α,β-unsaturated/α-hetero) is 1. The van der Waals surface area contributed by atoms with E-state index in [4.69, 9.17) is 21.1 Å². The van der Waals surface area contributed by atoms with E-state index in [1.165, 1.54) is 0 Å². The number of ether oxygens (including phenoxy) is 2. The number of anilines is 1. The monoisotopic (exact) mass is 528 g/mol. The summed E-state index contributed by atoms with van der Waals surface area (Å²) in [6.07, 6.45) is 1.69. The third-order valence-electron chi connectivity index (χ3n) is 7.17. The predicted molar refractivity (Wildman–Crippen MR) is 151 cm³/mol. The highest BCUT2D eigenvalue weighted by molar-refractivity contribution is 6.30. The van der Waals surface area contributed by atoms with Crippen molar-refractivity contribution in [2.45, 2.75) is 32.1 Å². The van der Waals surface area contributed by atoms with Gasteiger partial charge in [0, 0.05) is 45.1 Å². The standard InChI is InChI=1S/C31H29ClN2O4/c1-18-7-9-19(10-8-18)30(36)29-27(23-17-22(37-2)15-16-26(23)38-3)28-24(5-4-6-25(28)35)34(31(29)33)21-13-11-20(32)12-14-21/h7-17,27,33,36H,4-6H2,1-3H3/b30-29+,33-31?/t27-/m0/s1. The maximum atomic E-state index is 13.7. The number of rotatable bonds is 5. The number of aliphatic hydroxyl groups is 1. The van der Waals surface area contributed by atoms with E-state index in [2.05, 4.69) is 0 Å². The number of ketones is 1. The minimum Gasteiger partial charge on any atom is -0.507 e. The fraction of sp³-hybridized carbons (Fsp3) is 0.226. The van der Waals surface area contributed by atoms with Crippen LogP contribution in [0.1, 0.15) is 41.9 Å². The van der Waals surface area contributed by atoms with Gasteiger partial charge in [0.25, 0.3) is 0 Å². The van der Waals surface area contributed by atoms with Gasteiger partial charge in [-0.3, -0.25) is 15.1 Å². The molecule has 0 saturated heterocycles. The summed E-state index contributed by atoms with van der Waals surface area (Å²) in [6.45, 7) is 1.97. The van der Waals surface area contributed by atoms with Gasteiger partial charge in [0.1, 0.15) is 23.1 Å². The van der Waals surface area contributed by atoms with Crippen LogP contribution in [-0.4, -0.2) is 30.9 Å². The number of nitrogens with zero attached hydrogens (tertiary/aromatic N) is 1. The third-order valence-corrected chi connectivity index (χ3v) is 7.42. The first-order valence-electron chi connectivity index (χ1n) is 12.5. The van der Waals surface area contributed by atoms with Gasteiger partial charge in [-0.05, 0) is 62.2 Å². The number of hydrogen-bond acceptors (Lipinski definition) is 5. The van der Waals surface area contributed by atoms with Crippen molar-refractivity contribution in [1.29, 1.82) is 5.41 Å². The quantitative estimate of drug-likeness (QED) is 0.341. The number of methoxy groups -OCH3 is 2. The molecule has 0 bridgehead atoms. The first-order chi connectivity index (χ1) is 18.3. The second kappa shape index (κ2) is 10.4. The maximum Gasteiger partial charge on any atom is 0.161 e. The fourth-order valence-electron chi connectivity index (χ4n) is 5.31. The van der Waals surface area contributed by atoms with Crippen LogP contribution in [0.15, 0.2) is 83.6 Å².